The average molecular weight is 363 g/mol. The van der Waals surface area contributed by atoms with E-state index in [2.05, 4.69) is 28.2 Å². The van der Waals surface area contributed by atoms with Gasteiger partial charge in [0.25, 0.3) is 0 Å². The molecule has 1 fully saturated rings. The Balaban J connectivity index is 1.96. The average Bonchev–Trinajstić information content (AvgIpc) is 2.92. The lowest BCUT2D eigenvalue weighted by Gasteiger charge is -2.30. The largest absolute Gasteiger partial charge is 0.416 e. The molecule has 1 unspecified atom stereocenters. The molecule has 1 saturated heterocycles. The van der Waals surface area contributed by atoms with Crippen molar-refractivity contribution in [1.82, 2.24) is 15.2 Å². The third-order valence-electron chi connectivity index (χ3n) is 4.83. The zero-order chi connectivity index (χ0) is 18.6. The number of nitrogens with one attached hydrogen (secondary N) is 1. The molecule has 0 amide bonds. The Bertz CT molecular complexity index is 688. The lowest BCUT2D eigenvalue weighted by molar-refractivity contribution is -0.137. The second-order valence-corrected chi connectivity index (χ2v) is 6.61. The molecule has 6 heteroatoms. The molecule has 0 bridgehead atoms. The third-order valence-corrected chi connectivity index (χ3v) is 4.83. The Morgan fingerprint density at radius 3 is 2.46 bits per heavy atom. The van der Waals surface area contributed by atoms with Gasteiger partial charge in [0.2, 0.25) is 0 Å². The molecule has 1 atom stereocenters. The highest BCUT2D eigenvalue weighted by Crippen LogP contribution is 2.33. The van der Waals surface area contributed by atoms with E-state index in [4.69, 9.17) is 0 Å². The minimum Gasteiger partial charge on any atom is -0.315 e. The van der Waals surface area contributed by atoms with Crippen LogP contribution in [0, 0.1) is 0 Å². The van der Waals surface area contributed by atoms with Gasteiger partial charge < -0.3 is 5.32 Å². The summed E-state index contributed by atoms with van der Waals surface area (Å²) in [6, 6.07) is 9.41. The van der Waals surface area contributed by atoms with Crippen LogP contribution in [0.25, 0.3) is 0 Å². The number of hydrogen-bond donors (Lipinski definition) is 1. The number of halogens is 3. The van der Waals surface area contributed by atoms with E-state index in [1.54, 1.807) is 12.1 Å². The summed E-state index contributed by atoms with van der Waals surface area (Å²) in [6.45, 7) is 5.62. The Hall–Kier alpha value is -1.92. The van der Waals surface area contributed by atoms with E-state index in [1.807, 2.05) is 12.3 Å². The molecule has 26 heavy (non-hydrogen) atoms. The van der Waals surface area contributed by atoms with Gasteiger partial charge in [0.05, 0.1) is 17.3 Å². The molecule has 3 nitrogen and oxygen atoms in total. The van der Waals surface area contributed by atoms with Gasteiger partial charge in [-0.2, -0.15) is 13.2 Å². The number of aromatic nitrogens is 1. The molecule has 0 saturated carbocycles. The monoisotopic (exact) mass is 363 g/mol. The molecular weight excluding hydrogens is 339 g/mol. The Morgan fingerprint density at radius 1 is 1.08 bits per heavy atom. The van der Waals surface area contributed by atoms with Crippen molar-refractivity contribution in [1.29, 1.82) is 0 Å². The Morgan fingerprint density at radius 2 is 1.85 bits per heavy atom. The lowest BCUT2D eigenvalue weighted by Crippen LogP contribution is -2.33. The fraction of sp³-hybridized carbons (Fsp3) is 0.450. The zero-order valence-electron chi connectivity index (χ0n) is 14.9. The van der Waals surface area contributed by atoms with Crippen LogP contribution in [0.15, 0.2) is 42.6 Å². The molecule has 140 valence electrons. The summed E-state index contributed by atoms with van der Waals surface area (Å²) < 4.78 is 38.7. The molecule has 2 aromatic rings. The van der Waals surface area contributed by atoms with Crippen LogP contribution in [0.1, 0.15) is 41.8 Å². The van der Waals surface area contributed by atoms with Crippen LogP contribution in [0.5, 0.6) is 0 Å². The molecule has 0 spiro atoms. The molecule has 0 aliphatic carbocycles. The van der Waals surface area contributed by atoms with Crippen LogP contribution in [-0.2, 0) is 12.6 Å². The number of benzene rings is 1. The van der Waals surface area contributed by atoms with Gasteiger partial charge >= 0.3 is 6.18 Å². The summed E-state index contributed by atoms with van der Waals surface area (Å²) in [5, 5.41) is 3.37. The summed E-state index contributed by atoms with van der Waals surface area (Å²) in [5.74, 6) is 0. The normalized spacial score (nSPS) is 17.7. The minimum absolute atomic E-state index is 0.136. The molecular formula is C20H24F3N3. The maximum Gasteiger partial charge on any atom is 0.416 e. The Kier molecular flexibility index (Phi) is 5.94. The second-order valence-electron chi connectivity index (χ2n) is 6.61. The summed E-state index contributed by atoms with van der Waals surface area (Å²) in [7, 11) is 0. The number of nitrogens with zero attached hydrogens (tertiary/aromatic N) is 2. The number of rotatable bonds is 4. The first-order chi connectivity index (χ1) is 12.5. The smallest absolute Gasteiger partial charge is 0.315 e. The van der Waals surface area contributed by atoms with Crippen molar-refractivity contribution < 1.29 is 13.2 Å². The van der Waals surface area contributed by atoms with E-state index >= 15 is 0 Å². The molecule has 3 rings (SSSR count). The predicted octanol–water partition coefficient (Wildman–Crippen LogP) is 4.05. The van der Waals surface area contributed by atoms with Crippen LogP contribution in [0.3, 0.4) is 0 Å². The van der Waals surface area contributed by atoms with E-state index in [0.29, 0.717) is 0 Å². The van der Waals surface area contributed by atoms with E-state index in [-0.39, 0.29) is 6.04 Å². The fourth-order valence-electron chi connectivity index (χ4n) is 3.35. The van der Waals surface area contributed by atoms with Crippen LogP contribution < -0.4 is 5.32 Å². The van der Waals surface area contributed by atoms with E-state index in [9.17, 15) is 13.2 Å². The first kappa shape index (κ1) is 18.9. The van der Waals surface area contributed by atoms with Crippen molar-refractivity contribution in [3.8, 4) is 0 Å². The summed E-state index contributed by atoms with van der Waals surface area (Å²) in [5.41, 5.74) is 2.25. The predicted molar refractivity (Wildman–Crippen MR) is 96.0 cm³/mol. The van der Waals surface area contributed by atoms with E-state index < -0.39 is 11.7 Å². The van der Waals surface area contributed by atoms with Crippen LogP contribution in [0.2, 0.25) is 0 Å². The highest BCUT2D eigenvalue weighted by atomic mass is 19.4. The first-order valence-electron chi connectivity index (χ1n) is 9.06. The van der Waals surface area contributed by atoms with Gasteiger partial charge in [-0.05, 0) is 48.7 Å². The van der Waals surface area contributed by atoms with Gasteiger partial charge in [-0.1, -0.05) is 25.1 Å². The maximum atomic E-state index is 12.9. The van der Waals surface area contributed by atoms with Crippen molar-refractivity contribution >= 4 is 0 Å². The highest BCUT2D eigenvalue weighted by Gasteiger charge is 2.31. The third kappa shape index (κ3) is 4.43. The topological polar surface area (TPSA) is 28.2 Å². The minimum atomic E-state index is -4.32. The van der Waals surface area contributed by atoms with Crippen molar-refractivity contribution in [2.45, 2.75) is 32.0 Å². The van der Waals surface area contributed by atoms with Crippen LogP contribution >= 0.6 is 0 Å². The van der Waals surface area contributed by atoms with Gasteiger partial charge in [-0.25, -0.2) is 0 Å². The number of aryl methyl sites for hydroxylation is 1. The molecule has 1 aromatic heterocycles. The maximum absolute atomic E-state index is 12.9. The fourth-order valence-corrected chi connectivity index (χ4v) is 3.35. The molecule has 2 heterocycles. The molecule has 1 aliphatic rings. The zero-order valence-corrected chi connectivity index (χ0v) is 14.9. The van der Waals surface area contributed by atoms with Crippen molar-refractivity contribution in [3.05, 3.63) is 65.0 Å². The number of alkyl halides is 3. The van der Waals surface area contributed by atoms with Crippen molar-refractivity contribution in [2.24, 2.45) is 0 Å². The standard InChI is InChI=1S/C20H24F3N3/c1-2-15-4-9-18(25-14-15)19(26-12-3-10-24-11-13-26)16-5-7-17(8-6-16)20(21,22)23/h4-9,14,19,24H,2-3,10-13H2,1H3. The van der Waals surface area contributed by atoms with Gasteiger partial charge in [-0.3, -0.25) is 9.88 Å². The SMILES string of the molecule is CCc1ccc(C(c2ccc(C(F)(F)F)cc2)N2CCCNCC2)nc1. The van der Waals surface area contributed by atoms with Gasteiger partial charge in [0, 0.05) is 25.8 Å². The molecule has 0 radical (unpaired) electrons. The quantitative estimate of drug-likeness (QED) is 0.888. The van der Waals surface area contributed by atoms with E-state index in [0.717, 1.165) is 55.8 Å². The van der Waals surface area contributed by atoms with Crippen molar-refractivity contribution in [3.63, 3.8) is 0 Å². The lowest BCUT2D eigenvalue weighted by atomic mass is 9.99. The molecule has 1 N–H and O–H groups in total. The summed E-state index contributed by atoms with van der Waals surface area (Å²) in [6.07, 6.45) is -0.542. The van der Waals surface area contributed by atoms with Crippen LogP contribution in [-0.4, -0.2) is 36.1 Å². The Labute approximate surface area is 152 Å². The summed E-state index contributed by atoms with van der Waals surface area (Å²) in [4.78, 5) is 6.92. The number of hydrogen-bond acceptors (Lipinski definition) is 3. The number of pyridine rings is 1. The molecule has 1 aliphatic heterocycles. The van der Waals surface area contributed by atoms with Gasteiger partial charge in [0.1, 0.15) is 0 Å². The first-order valence-corrected chi connectivity index (χ1v) is 9.06. The van der Waals surface area contributed by atoms with Crippen LogP contribution in [0.4, 0.5) is 13.2 Å². The second kappa shape index (κ2) is 8.18. The van der Waals surface area contributed by atoms with Crippen molar-refractivity contribution in [2.75, 3.05) is 26.2 Å². The van der Waals surface area contributed by atoms with E-state index in [1.165, 1.54) is 12.1 Å². The molecule has 1 aromatic carbocycles. The van der Waals surface area contributed by atoms with Gasteiger partial charge in [0.15, 0.2) is 0 Å². The highest BCUT2D eigenvalue weighted by molar-refractivity contribution is 5.32. The summed E-state index contributed by atoms with van der Waals surface area (Å²) >= 11 is 0. The van der Waals surface area contributed by atoms with Gasteiger partial charge in [-0.15, -0.1) is 0 Å².